The van der Waals surface area contributed by atoms with Gasteiger partial charge in [0.2, 0.25) is 0 Å². The lowest BCUT2D eigenvalue weighted by Gasteiger charge is -2.15. The third kappa shape index (κ3) is 3.51. The molecular weight excluding hydrogens is 574 g/mol. The quantitative estimate of drug-likeness (QED) is 0.203. The van der Waals surface area contributed by atoms with Crippen molar-refractivity contribution >= 4 is 65.6 Å². The highest BCUT2D eigenvalue weighted by Crippen LogP contribution is 2.46. The van der Waals surface area contributed by atoms with E-state index in [1.807, 2.05) is 6.07 Å². The van der Waals surface area contributed by atoms with Crippen LogP contribution in [-0.4, -0.2) is 9.13 Å². The molecule has 10 aromatic rings. The second-order valence-electron chi connectivity index (χ2n) is 12.0. The lowest BCUT2D eigenvalue weighted by Crippen LogP contribution is -2.02. The van der Waals surface area contributed by atoms with E-state index < -0.39 is 0 Å². The second kappa shape index (κ2) is 9.71. The maximum absolute atomic E-state index is 11.0. The zero-order valence-corrected chi connectivity index (χ0v) is 25.2. The summed E-state index contributed by atoms with van der Waals surface area (Å²) < 4.78 is 11.6. The molecule has 0 aliphatic rings. The Kier molecular flexibility index (Phi) is 5.32. The lowest BCUT2D eigenvalue weighted by molar-refractivity contribution is 0.667. The molecule has 0 saturated carbocycles. The Balaban J connectivity index is 1.45. The first kappa shape index (κ1) is 25.7. The van der Waals surface area contributed by atoms with Crippen LogP contribution >= 0.6 is 0 Å². The van der Waals surface area contributed by atoms with Crippen LogP contribution in [0.4, 0.5) is 0 Å². The molecule has 4 heteroatoms. The number of rotatable bonds is 3. The van der Waals surface area contributed by atoms with E-state index in [0.29, 0.717) is 11.1 Å². The van der Waals surface area contributed by atoms with Gasteiger partial charge in [-0.25, -0.2) is 0 Å². The highest BCUT2D eigenvalue weighted by molar-refractivity contribution is 6.19. The summed E-state index contributed by atoms with van der Waals surface area (Å²) in [7, 11) is 0. The van der Waals surface area contributed by atoms with Gasteiger partial charge >= 0.3 is 0 Å². The Morgan fingerprint density at radius 2 is 0.957 bits per heavy atom. The van der Waals surface area contributed by atoms with E-state index in [1.54, 1.807) is 0 Å². The molecular formula is C43H25N3O. The van der Waals surface area contributed by atoms with Gasteiger partial charge in [-0.1, -0.05) is 121 Å². The van der Waals surface area contributed by atoms with Crippen molar-refractivity contribution in [3.05, 3.63) is 157 Å². The molecule has 7 aromatic carbocycles. The standard InChI is InChI=1S/C43H25N3O/c44-26-28-25-39(45-35-21-8-4-15-30(35)31-16-5-9-22-36(31)45)40-34-20-12-19-29(27-13-2-1-3-14-27)42(34)47-43(40)41(28)46-37-23-10-6-17-32(37)33-18-7-11-24-38(33)46/h1-25H. The third-order valence-electron chi connectivity index (χ3n) is 9.55. The first-order chi connectivity index (χ1) is 23.3. The third-order valence-corrected chi connectivity index (χ3v) is 9.55. The normalized spacial score (nSPS) is 11.8. The second-order valence-corrected chi connectivity index (χ2v) is 12.0. The van der Waals surface area contributed by atoms with Gasteiger partial charge in [-0.3, -0.25) is 0 Å². The summed E-state index contributed by atoms with van der Waals surface area (Å²) in [6, 6.07) is 55.2. The molecule has 10 rings (SSSR count). The van der Waals surface area contributed by atoms with E-state index in [1.165, 1.54) is 10.8 Å². The van der Waals surface area contributed by atoms with Crippen molar-refractivity contribution in [1.82, 2.24) is 9.13 Å². The molecule has 47 heavy (non-hydrogen) atoms. The molecule has 0 N–H and O–H groups in total. The Hall–Kier alpha value is -6.57. The summed E-state index contributed by atoms with van der Waals surface area (Å²) in [5, 5.41) is 17.5. The number of para-hydroxylation sites is 5. The van der Waals surface area contributed by atoms with Crippen LogP contribution in [0.2, 0.25) is 0 Å². The van der Waals surface area contributed by atoms with E-state index in [2.05, 4.69) is 161 Å². The van der Waals surface area contributed by atoms with Gasteiger partial charge in [-0.15, -0.1) is 0 Å². The van der Waals surface area contributed by atoms with Crippen LogP contribution in [-0.2, 0) is 0 Å². The predicted octanol–water partition coefficient (Wildman–Crippen LogP) is 11.3. The molecule has 3 heterocycles. The van der Waals surface area contributed by atoms with Crippen LogP contribution in [0.25, 0.3) is 88.1 Å². The first-order valence-corrected chi connectivity index (χ1v) is 15.8. The average Bonchev–Trinajstić information content (AvgIpc) is 3.80. The Bertz CT molecular complexity index is 2810. The van der Waals surface area contributed by atoms with Crippen molar-refractivity contribution in [2.75, 3.05) is 0 Å². The fourth-order valence-corrected chi connectivity index (χ4v) is 7.61. The number of furan rings is 1. The van der Waals surface area contributed by atoms with Gasteiger partial charge in [0, 0.05) is 32.5 Å². The Morgan fingerprint density at radius 3 is 1.51 bits per heavy atom. The lowest BCUT2D eigenvalue weighted by atomic mass is 10.0. The van der Waals surface area contributed by atoms with Crippen LogP contribution < -0.4 is 0 Å². The summed E-state index contributed by atoms with van der Waals surface area (Å²) in [5.41, 5.74) is 10.0. The molecule has 0 radical (unpaired) electrons. The summed E-state index contributed by atoms with van der Waals surface area (Å²) in [5.74, 6) is 0. The van der Waals surface area contributed by atoms with Crippen molar-refractivity contribution in [3.8, 4) is 28.6 Å². The van der Waals surface area contributed by atoms with Crippen LogP contribution in [0.5, 0.6) is 0 Å². The molecule has 0 saturated heterocycles. The van der Waals surface area contributed by atoms with Crippen molar-refractivity contribution in [2.24, 2.45) is 0 Å². The molecule has 0 amide bonds. The number of hydrogen-bond acceptors (Lipinski definition) is 2. The summed E-state index contributed by atoms with van der Waals surface area (Å²) in [4.78, 5) is 0. The topological polar surface area (TPSA) is 46.8 Å². The maximum Gasteiger partial charge on any atom is 0.162 e. The fraction of sp³-hybridized carbons (Fsp3) is 0. The smallest absolute Gasteiger partial charge is 0.162 e. The molecule has 0 unspecified atom stereocenters. The molecule has 218 valence electrons. The minimum Gasteiger partial charge on any atom is -0.453 e. The molecule has 0 atom stereocenters. The van der Waals surface area contributed by atoms with Gasteiger partial charge in [0.25, 0.3) is 0 Å². The average molecular weight is 600 g/mol. The fourth-order valence-electron chi connectivity index (χ4n) is 7.61. The number of aromatic nitrogens is 2. The van der Waals surface area contributed by atoms with E-state index in [0.717, 1.165) is 71.7 Å². The summed E-state index contributed by atoms with van der Waals surface area (Å²) >= 11 is 0. The zero-order chi connectivity index (χ0) is 31.1. The highest BCUT2D eigenvalue weighted by atomic mass is 16.3. The van der Waals surface area contributed by atoms with Crippen molar-refractivity contribution in [1.29, 1.82) is 5.26 Å². The minimum absolute atomic E-state index is 0.543. The molecule has 4 nitrogen and oxygen atoms in total. The number of benzene rings is 7. The van der Waals surface area contributed by atoms with Gasteiger partial charge in [-0.05, 0) is 35.9 Å². The molecule has 3 aromatic heterocycles. The summed E-state index contributed by atoms with van der Waals surface area (Å²) in [6.07, 6.45) is 0. The van der Waals surface area contributed by atoms with Gasteiger partial charge in [0.05, 0.1) is 38.7 Å². The van der Waals surface area contributed by atoms with Gasteiger partial charge in [0.15, 0.2) is 5.58 Å². The number of fused-ring (bicyclic) bond motifs is 9. The van der Waals surface area contributed by atoms with Crippen LogP contribution in [0.1, 0.15) is 5.56 Å². The Morgan fingerprint density at radius 1 is 0.468 bits per heavy atom. The zero-order valence-electron chi connectivity index (χ0n) is 25.2. The highest BCUT2D eigenvalue weighted by Gasteiger charge is 2.26. The van der Waals surface area contributed by atoms with E-state index in [-0.39, 0.29) is 0 Å². The van der Waals surface area contributed by atoms with Crippen molar-refractivity contribution in [3.63, 3.8) is 0 Å². The molecule has 0 aliphatic heterocycles. The molecule has 0 bridgehead atoms. The number of nitriles is 1. The largest absolute Gasteiger partial charge is 0.453 e. The number of nitrogens with zero attached hydrogens (tertiary/aromatic N) is 3. The predicted molar refractivity (Wildman–Crippen MR) is 193 cm³/mol. The van der Waals surface area contributed by atoms with Crippen molar-refractivity contribution in [2.45, 2.75) is 0 Å². The van der Waals surface area contributed by atoms with Crippen molar-refractivity contribution < 1.29 is 4.42 Å². The monoisotopic (exact) mass is 599 g/mol. The molecule has 0 aliphatic carbocycles. The molecule has 0 spiro atoms. The van der Waals surface area contributed by atoms with Gasteiger partial charge in [0.1, 0.15) is 17.3 Å². The van der Waals surface area contributed by atoms with Gasteiger partial charge in [-0.2, -0.15) is 5.26 Å². The van der Waals surface area contributed by atoms with E-state index >= 15 is 0 Å². The molecule has 0 fully saturated rings. The first-order valence-electron chi connectivity index (χ1n) is 15.8. The van der Waals surface area contributed by atoms with Crippen LogP contribution in [0, 0.1) is 11.3 Å². The van der Waals surface area contributed by atoms with E-state index in [9.17, 15) is 5.26 Å². The van der Waals surface area contributed by atoms with Gasteiger partial charge < -0.3 is 13.6 Å². The minimum atomic E-state index is 0.543. The Labute approximate surface area is 269 Å². The van der Waals surface area contributed by atoms with Crippen LogP contribution in [0.3, 0.4) is 0 Å². The maximum atomic E-state index is 11.0. The van der Waals surface area contributed by atoms with Crippen LogP contribution in [0.15, 0.2) is 156 Å². The SMILES string of the molecule is N#Cc1cc(-n2c3ccccc3c3ccccc32)c2c(oc3c(-c4ccccc4)cccc32)c1-n1c2ccccc2c2ccccc21. The number of hydrogen-bond donors (Lipinski definition) is 0. The summed E-state index contributed by atoms with van der Waals surface area (Å²) in [6.45, 7) is 0. The van der Waals surface area contributed by atoms with E-state index in [4.69, 9.17) is 4.42 Å².